The number of hydrogen-bond donors (Lipinski definition) is 1. The quantitative estimate of drug-likeness (QED) is 0.501. The van der Waals surface area contributed by atoms with Crippen molar-refractivity contribution in [1.29, 1.82) is 0 Å². The third-order valence-electron chi connectivity index (χ3n) is 3.25. The molecule has 0 saturated heterocycles. The second-order valence-electron chi connectivity index (χ2n) is 4.65. The molecule has 0 spiro atoms. The van der Waals surface area contributed by atoms with Crippen molar-refractivity contribution in [3.8, 4) is 11.5 Å². The summed E-state index contributed by atoms with van der Waals surface area (Å²) in [5, 5.41) is 15.2. The number of anilines is 1. The van der Waals surface area contributed by atoms with Crippen molar-refractivity contribution in [1.82, 2.24) is 0 Å². The molecule has 0 bridgehead atoms. The van der Waals surface area contributed by atoms with Crippen LogP contribution >= 0.6 is 0 Å². The van der Waals surface area contributed by atoms with E-state index in [-0.39, 0.29) is 5.69 Å². The number of methoxy groups -OCH3 is 2. The number of para-hydroxylation sites is 2. The second kappa shape index (κ2) is 7.26. The molecule has 0 aromatic heterocycles. The lowest BCUT2D eigenvalue weighted by Gasteiger charge is -2.09. The zero-order valence-corrected chi connectivity index (χ0v) is 13.1. The van der Waals surface area contributed by atoms with Crippen LogP contribution < -0.4 is 14.9 Å². The van der Waals surface area contributed by atoms with Crippen LogP contribution in [0.5, 0.6) is 11.5 Å². The molecule has 2 rings (SSSR count). The normalized spacial score (nSPS) is 11.0. The smallest absolute Gasteiger partial charge is 0.294 e. The maximum atomic E-state index is 11.0. The van der Waals surface area contributed by atoms with Crippen molar-refractivity contribution in [2.24, 2.45) is 5.10 Å². The molecule has 120 valence electrons. The topological polar surface area (TPSA) is 86.0 Å². The van der Waals surface area contributed by atoms with Crippen molar-refractivity contribution in [2.45, 2.75) is 6.92 Å². The molecule has 0 aliphatic heterocycles. The van der Waals surface area contributed by atoms with Crippen LogP contribution in [0.3, 0.4) is 0 Å². The van der Waals surface area contributed by atoms with E-state index in [1.165, 1.54) is 6.07 Å². The molecule has 0 amide bonds. The van der Waals surface area contributed by atoms with Gasteiger partial charge in [0.25, 0.3) is 5.69 Å². The monoisotopic (exact) mass is 315 g/mol. The maximum absolute atomic E-state index is 11.0. The highest BCUT2D eigenvalue weighted by molar-refractivity contribution is 5.99. The molecule has 0 saturated carbocycles. The third kappa shape index (κ3) is 3.76. The number of nitrogens with zero attached hydrogens (tertiary/aromatic N) is 2. The lowest BCUT2D eigenvalue weighted by molar-refractivity contribution is -0.384. The number of benzene rings is 2. The maximum Gasteiger partial charge on any atom is 0.294 e. The van der Waals surface area contributed by atoms with Crippen molar-refractivity contribution >= 4 is 17.1 Å². The fourth-order valence-electron chi connectivity index (χ4n) is 2.00. The molecule has 0 radical (unpaired) electrons. The third-order valence-corrected chi connectivity index (χ3v) is 3.25. The van der Waals surface area contributed by atoms with E-state index in [1.807, 2.05) is 6.07 Å². The molecule has 1 N–H and O–H groups in total. The Bertz CT molecular complexity index is 744. The first-order valence-corrected chi connectivity index (χ1v) is 6.83. The van der Waals surface area contributed by atoms with E-state index in [1.54, 1.807) is 51.5 Å². The number of ether oxygens (including phenoxy) is 2. The van der Waals surface area contributed by atoms with E-state index < -0.39 is 4.92 Å². The number of nitro groups is 1. The van der Waals surface area contributed by atoms with Gasteiger partial charge < -0.3 is 9.47 Å². The Kier molecular flexibility index (Phi) is 5.14. The summed E-state index contributed by atoms with van der Waals surface area (Å²) in [5.41, 5.74) is 4.50. The second-order valence-corrected chi connectivity index (χ2v) is 4.65. The van der Waals surface area contributed by atoms with Crippen LogP contribution in [-0.2, 0) is 0 Å². The van der Waals surface area contributed by atoms with Crippen LogP contribution in [0, 0.1) is 10.1 Å². The highest BCUT2D eigenvalue weighted by Crippen LogP contribution is 2.28. The van der Waals surface area contributed by atoms with E-state index >= 15 is 0 Å². The van der Waals surface area contributed by atoms with Crippen LogP contribution in [0.1, 0.15) is 12.5 Å². The van der Waals surface area contributed by atoms with Gasteiger partial charge in [-0.05, 0) is 31.2 Å². The molecule has 7 nitrogen and oxygen atoms in total. The van der Waals surface area contributed by atoms with E-state index in [4.69, 9.17) is 9.47 Å². The number of hydrazone groups is 1. The summed E-state index contributed by atoms with van der Waals surface area (Å²) in [6, 6.07) is 11.7. The van der Waals surface area contributed by atoms with Crippen molar-refractivity contribution < 1.29 is 14.4 Å². The minimum Gasteiger partial charge on any atom is -0.493 e. The predicted octanol–water partition coefficient (Wildman–Crippen LogP) is 3.45. The molecule has 2 aromatic rings. The van der Waals surface area contributed by atoms with Gasteiger partial charge in [0.15, 0.2) is 11.5 Å². The Morgan fingerprint density at radius 2 is 1.83 bits per heavy atom. The lowest BCUT2D eigenvalue weighted by Crippen LogP contribution is -2.02. The SMILES string of the molecule is COc1ccc(/C(C)=N/Nc2ccccc2[N+](=O)[O-])cc1OC. The van der Waals surface area contributed by atoms with Crippen molar-refractivity contribution in [3.05, 3.63) is 58.1 Å². The Labute approximate surface area is 133 Å². The van der Waals surface area contributed by atoms with E-state index in [9.17, 15) is 10.1 Å². The average Bonchev–Trinajstić information content (AvgIpc) is 2.59. The summed E-state index contributed by atoms with van der Waals surface area (Å²) in [4.78, 5) is 10.5. The molecule has 0 aliphatic rings. The Morgan fingerprint density at radius 3 is 2.48 bits per heavy atom. The van der Waals surface area contributed by atoms with Gasteiger partial charge in [-0.3, -0.25) is 15.5 Å². The molecule has 0 fully saturated rings. The summed E-state index contributed by atoms with van der Waals surface area (Å²) in [6.45, 7) is 1.79. The zero-order chi connectivity index (χ0) is 16.8. The zero-order valence-electron chi connectivity index (χ0n) is 13.1. The van der Waals surface area contributed by atoms with Gasteiger partial charge in [0.1, 0.15) is 5.69 Å². The van der Waals surface area contributed by atoms with Gasteiger partial charge in [0, 0.05) is 11.6 Å². The first-order valence-electron chi connectivity index (χ1n) is 6.83. The Balaban J connectivity index is 2.26. The molecule has 2 aromatic carbocycles. The highest BCUT2D eigenvalue weighted by Gasteiger charge is 2.12. The first kappa shape index (κ1) is 16.3. The molecule has 0 unspecified atom stereocenters. The number of rotatable bonds is 6. The van der Waals surface area contributed by atoms with Gasteiger partial charge in [-0.15, -0.1) is 0 Å². The van der Waals surface area contributed by atoms with Crippen LogP contribution in [0.15, 0.2) is 47.6 Å². The van der Waals surface area contributed by atoms with E-state index in [0.717, 1.165) is 5.56 Å². The summed E-state index contributed by atoms with van der Waals surface area (Å²) < 4.78 is 10.4. The molecule has 0 atom stereocenters. The Hall–Kier alpha value is -3.09. The molecule has 0 aliphatic carbocycles. The minimum atomic E-state index is -0.455. The van der Waals surface area contributed by atoms with E-state index in [0.29, 0.717) is 22.9 Å². The molecular weight excluding hydrogens is 298 g/mol. The number of nitrogens with one attached hydrogen (secondary N) is 1. The van der Waals surface area contributed by atoms with Gasteiger partial charge in [-0.2, -0.15) is 5.10 Å². The van der Waals surface area contributed by atoms with Crippen molar-refractivity contribution in [3.63, 3.8) is 0 Å². The molecular formula is C16H17N3O4. The molecule has 7 heteroatoms. The fraction of sp³-hybridized carbons (Fsp3) is 0.188. The summed E-state index contributed by atoms with van der Waals surface area (Å²) in [5.74, 6) is 1.21. The van der Waals surface area contributed by atoms with E-state index in [2.05, 4.69) is 10.5 Å². The van der Waals surface area contributed by atoms with Crippen LogP contribution in [0.4, 0.5) is 11.4 Å². The van der Waals surface area contributed by atoms with Gasteiger partial charge in [-0.1, -0.05) is 12.1 Å². The standard InChI is InChI=1S/C16H17N3O4/c1-11(12-8-9-15(22-2)16(10-12)23-3)17-18-13-6-4-5-7-14(13)19(20)21/h4-10,18H,1-3H3/b17-11+. The van der Waals surface area contributed by atoms with Gasteiger partial charge in [0.05, 0.1) is 24.9 Å². The Morgan fingerprint density at radius 1 is 1.13 bits per heavy atom. The summed E-state index contributed by atoms with van der Waals surface area (Å²) in [6.07, 6.45) is 0. The minimum absolute atomic E-state index is 0.0311. The van der Waals surface area contributed by atoms with Gasteiger partial charge >= 0.3 is 0 Å². The average molecular weight is 315 g/mol. The fourth-order valence-corrected chi connectivity index (χ4v) is 2.00. The van der Waals surface area contributed by atoms with Crippen molar-refractivity contribution in [2.75, 3.05) is 19.6 Å². The molecule has 0 heterocycles. The number of nitro benzene ring substituents is 1. The van der Waals surface area contributed by atoms with Crippen LogP contribution in [-0.4, -0.2) is 24.9 Å². The largest absolute Gasteiger partial charge is 0.493 e. The lowest BCUT2D eigenvalue weighted by atomic mass is 10.1. The van der Waals surface area contributed by atoms with Gasteiger partial charge in [-0.25, -0.2) is 0 Å². The highest BCUT2D eigenvalue weighted by atomic mass is 16.6. The summed E-state index contributed by atoms with van der Waals surface area (Å²) in [7, 11) is 3.12. The predicted molar refractivity (Wildman–Crippen MR) is 88.5 cm³/mol. The summed E-state index contributed by atoms with van der Waals surface area (Å²) >= 11 is 0. The van der Waals surface area contributed by atoms with Gasteiger partial charge in [0.2, 0.25) is 0 Å². The molecule has 23 heavy (non-hydrogen) atoms. The van der Waals surface area contributed by atoms with Crippen LogP contribution in [0.2, 0.25) is 0 Å². The first-order chi connectivity index (χ1) is 11.1. The number of hydrogen-bond acceptors (Lipinski definition) is 6. The van der Waals surface area contributed by atoms with Crippen LogP contribution in [0.25, 0.3) is 0 Å².